The highest BCUT2D eigenvalue weighted by Crippen LogP contribution is 2.27. The maximum atomic E-state index is 11.9. The van der Waals surface area contributed by atoms with Gasteiger partial charge < -0.3 is 0 Å². The van der Waals surface area contributed by atoms with Crippen LogP contribution in [0.15, 0.2) is 24.3 Å². The highest BCUT2D eigenvalue weighted by Gasteiger charge is 2.26. The molecule has 0 bridgehead atoms. The summed E-state index contributed by atoms with van der Waals surface area (Å²) in [5.74, 6) is 0.276. The fourth-order valence-corrected chi connectivity index (χ4v) is 4.21. The summed E-state index contributed by atoms with van der Waals surface area (Å²) in [6, 6.07) is 7.59. The lowest BCUT2D eigenvalue weighted by Crippen LogP contribution is -2.38. The van der Waals surface area contributed by atoms with Gasteiger partial charge in [0, 0.05) is 10.1 Å². The van der Waals surface area contributed by atoms with Gasteiger partial charge in [0.1, 0.15) is 0 Å². The third-order valence-corrected chi connectivity index (χ3v) is 5.24. The Labute approximate surface area is 104 Å². The fourth-order valence-electron chi connectivity index (χ4n) is 1.71. The first-order valence-electron chi connectivity index (χ1n) is 4.86. The average Bonchev–Trinajstić information content (AvgIpc) is 2.19. The van der Waals surface area contributed by atoms with E-state index in [1.54, 1.807) is 0 Å². The van der Waals surface area contributed by atoms with Gasteiger partial charge in [-0.25, -0.2) is 8.42 Å². The monoisotopic (exact) mass is 337 g/mol. The Morgan fingerprint density at radius 1 is 1.20 bits per heavy atom. The molecule has 1 heterocycles. The average molecular weight is 337 g/mol. The van der Waals surface area contributed by atoms with Gasteiger partial charge in [-0.05, 0) is 47.6 Å². The summed E-state index contributed by atoms with van der Waals surface area (Å²) >= 11 is 2.17. The van der Waals surface area contributed by atoms with Crippen LogP contribution in [0.4, 0.5) is 5.69 Å². The van der Waals surface area contributed by atoms with Gasteiger partial charge in [0.25, 0.3) is 0 Å². The Bertz CT molecular complexity index is 458. The Kier molecular flexibility index (Phi) is 3.20. The largest absolute Gasteiger partial charge is 0.269 e. The Morgan fingerprint density at radius 3 is 2.60 bits per heavy atom. The van der Waals surface area contributed by atoms with Crippen molar-refractivity contribution in [1.82, 2.24) is 0 Å². The van der Waals surface area contributed by atoms with Crippen molar-refractivity contribution >= 4 is 38.3 Å². The summed E-state index contributed by atoms with van der Waals surface area (Å²) in [4.78, 5) is 0. The van der Waals surface area contributed by atoms with Crippen molar-refractivity contribution in [3.63, 3.8) is 0 Å². The molecule has 0 spiro atoms. The zero-order chi connectivity index (χ0) is 10.9. The topological polar surface area (TPSA) is 37.4 Å². The SMILES string of the molecule is O=S1(=O)CCCCN1c1ccccc1I. The van der Waals surface area contributed by atoms with Crippen molar-refractivity contribution in [3.05, 3.63) is 27.8 Å². The van der Waals surface area contributed by atoms with Gasteiger partial charge in [-0.2, -0.15) is 0 Å². The van der Waals surface area contributed by atoms with Crippen molar-refractivity contribution in [3.8, 4) is 0 Å². The molecular formula is C10H12INO2S. The number of anilines is 1. The lowest BCUT2D eigenvalue weighted by atomic mass is 10.3. The quantitative estimate of drug-likeness (QED) is 0.737. The zero-order valence-corrected chi connectivity index (χ0v) is 11.2. The Balaban J connectivity index is 2.42. The standard InChI is InChI=1S/C10H12INO2S/c11-9-5-1-2-6-10(9)12-7-3-4-8-15(12,13)14/h1-2,5-6H,3-4,7-8H2. The summed E-state index contributed by atoms with van der Waals surface area (Å²) in [5.41, 5.74) is 0.817. The molecule has 0 unspecified atom stereocenters. The zero-order valence-electron chi connectivity index (χ0n) is 8.19. The van der Waals surface area contributed by atoms with Gasteiger partial charge in [0.05, 0.1) is 11.4 Å². The molecule has 1 aliphatic heterocycles. The highest BCUT2D eigenvalue weighted by atomic mass is 127. The lowest BCUT2D eigenvalue weighted by Gasteiger charge is -2.28. The van der Waals surface area contributed by atoms with Crippen LogP contribution in [0.25, 0.3) is 0 Å². The van der Waals surface area contributed by atoms with Crippen LogP contribution in [0.1, 0.15) is 12.8 Å². The second-order valence-electron chi connectivity index (χ2n) is 3.55. The maximum absolute atomic E-state index is 11.9. The van der Waals surface area contributed by atoms with E-state index in [4.69, 9.17) is 0 Å². The molecule has 0 atom stereocenters. The van der Waals surface area contributed by atoms with Gasteiger partial charge in [0.15, 0.2) is 0 Å². The van der Waals surface area contributed by atoms with E-state index in [0.29, 0.717) is 6.54 Å². The molecule has 3 nitrogen and oxygen atoms in total. The van der Waals surface area contributed by atoms with E-state index in [1.165, 1.54) is 4.31 Å². The van der Waals surface area contributed by atoms with Crippen LogP contribution in [0.5, 0.6) is 0 Å². The van der Waals surface area contributed by atoms with Gasteiger partial charge in [0.2, 0.25) is 10.0 Å². The van der Waals surface area contributed by atoms with Crippen LogP contribution in [-0.2, 0) is 10.0 Å². The number of halogens is 1. The predicted octanol–water partition coefficient (Wildman–Crippen LogP) is 2.22. The second kappa shape index (κ2) is 4.29. The van der Waals surface area contributed by atoms with Crippen LogP contribution in [0.2, 0.25) is 0 Å². The number of nitrogens with zero attached hydrogens (tertiary/aromatic N) is 1. The minimum atomic E-state index is -3.07. The molecule has 2 rings (SSSR count). The van der Waals surface area contributed by atoms with Crippen molar-refractivity contribution in [2.24, 2.45) is 0 Å². The van der Waals surface area contributed by atoms with E-state index in [2.05, 4.69) is 22.6 Å². The summed E-state index contributed by atoms with van der Waals surface area (Å²) in [6.45, 7) is 0.613. The van der Waals surface area contributed by atoms with Crippen LogP contribution < -0.4 is 4.31 Å². The molecule has 0 aromatic heterocycles. The smallest absolute Gasteiger partial charge is 0.235 e. The van der Waals surface area contributed by atoms with Crippen LogP contribution >= 0.6 is 22.6 Å². The molecule has 1 fully saturated rings. The van der Waals surface area contributed by atoms with E-state index in [0.717, 1.165) is 22.1 Å². The molecule has 15 heavy (non-hydrogen) atoms. The molecule has 0 aliphatic carbocycles. The number of hydrogen-bond donors (Lipinski definition) is 0. The molecule has 82 valence electrons. The fraction of sp³-hybridized carbons (Fsp3) is 0.400. The van der Waals surface area contributed by atoms with E-state index in [1.807, 2.05) is 24.3 Å². The first-order chi connectivity index (χ1) is 7.11. The maximum Gasteiger partial charge on any atom is 0.235 e. The van der Waals surface area contributed by atoms with Gasteiger partial charge in [-0.15, -0.1) is 0 Å². The molecule has 1 saturated heterocycles. The highest BCUT2D eigenvalue weighted by molar-refractivity contribution is 14.1. The molecule has 5 heteroatoms. The van der Waals surface area contributed by atoms with Gasteiger partial charge in [-0.1, -0.05) is 12.1 Å². The van der Waals surface area contributed by atoms with E-state index < -0.39 is 10.0 Å². The predicted molar refractivity (Wildman–Crippen MR) is 69.5 cm³/mol. The van der Waals surface area contributed by atoms with Crippen LogP contribution in [0.3, 0.4) is 0 Å². The minimum absolute atomic E-state index is 0.276. The summed E-state index contributed by atoms with van der Waals surface area (Å²) in [5, 5.41) is 0. The third-order valence-electron chi connectivity index (χ3n) is 2.47. The van der Waals surface area contributed by atoms with Crippen LogP contribution in [-0.4, -0.2) is 20.7 Å². The molecule has 1 aliphatic rings. The van der Waals surface area contributed by atoms with E-state index in [-0.39, 0.29) is 5.75 Å². The number of benzene rings is 1. The van der Waals surface area contributed by atoms with Gasteiger partial charge >= 0.3 is 0 Å². The van der Waals surface area contributed by atoms with Crippen molar-refractivity contribution in [2.75, 3.05) is 16.6 Å². The first kappa shape index (κ1) is 11.2. The van der Waals surface area contributed by atoms with Crippen molar-refractivity contribution < 1.29 is 8.42 Å². The number of sulfonamides is 1. The van der Waals surface area contributed by atoms with E-state index >= 15 is 0 Å². The summed E-state index contributed by atoms with van der Waals surface area (Å²) in [7, 11) is -3.07. The van der Waals surface area contributed by atoms with Crippen molar-refractivity contribution in [2.45, 2.75) is 12.8 Å². The summed E-state index contributed by atoms with van der Waals surface area (Å²) < 4.78 is 26.2. The number of hydrogen-bond acceptors (Lipinski definition) is 2. The lowest BCUT2D eigenvalue weighted by molar-refractivity contribution is 0.574. The molecule has 0 saturated carbocycles. The molecule has 0 amide bonds. The normalized spacial score (nSPS) is 20.2. The molecule has 1 aromatic rings. The Hall–Kier alpha value is -0.300. The molecular weight excluding hydrogens is 325 g/mol. The molecule has 0 N–H and O–H groups in total. The van der Waals surface area contributed by atoms with E-state index in [9.17, 15) is 8.42 Å². The Morgan fingerprint density at radius 2 is 1.93 bits per heavy atom. The first-order valence-corrected chi connectivity index (χ1v) is 7.55. The van der Waals surface area contributed by atoms with Crippen LogP contribution in [0, 0.1) is 3.57 Å². The minimum Gasteiger partial charge on any atom is -0.269 e. The number of rotatable bonds is 1. The summed E-state index contributed by atoms with van der Waals surface area (Å²) in [6.07, 6.45) is 1.73. The third kappa shape index (κ3) is 2.28. The number of para-hydroxylation sites is 1. The van der Waals surface area contributed by atoms with Crippen molar-refractivity contribution in [1.29, 1.82) is 0 Å². The second-order valence-corrected chi connectivity index (χ2v) is 6.72. The molecule has 1 aromatic carbocycles. The van der Waals surface area contributed by atoms with Gasteiger partial charge in [-0.3, -0.25) is 4.31 Å². The molecule has 0 radical (unpaired) electrons.